The Morgan fingerprint density at radius 2 is 2.19 bits per heavy atom. The summed E-state index contributed by atoms with van der Waals surface area (Å²) in [5.74, 6) is 0.0820. The van der Waals surface area contributed by atoms with Crippen LogP contribution in [0.3, 0.4) is 0 Å². The molecule has 0 saturated carbocycles. The van der Waals surface area contributed by atoms with Gasteiger partial charge in [-0.15, -0.1) is 11.3 Å². The van der Waals surface area contributed by atoms with E-state index in [-0.39, 0.29) is 12.6 Å². The molecule has 0 unspecified atom stereocenters. The summed E-state index contributed by atoms with van der Waals surface area (Å²) in [4.78, 5) is 18.1. The van der Waals surface area contributed by atoms with Crippen LogP contribution in [0.5, 0.6) is 0 Å². The van der Waals surface area contributed by atoms with E-state index < -0.39 is 0 Å². The molecular weight excluding hydrogens is 286 g/mol. The van der Waals surface area contributed by atoms with Crippen LogP contribution < -0.4 is 0 Å². The van der Waals surface area contributed by atoms with Crippen molar-refractivity contribution < 1.29 is 13.9 Å². The molecule has 2 heterocycles. The van der Waals surface area contributed by atoms with Crippen molar-refractivity contribution in [2.75, 3.05) is 0 Å². The fourth-order valence-electron chi connectivity index (χ4n) is 2.15. The Balaban J connectivity index is 1.70. The number of oxazole rings is 1. The number of aryl methyl sites for hydroxylation is 2. The molecule has 0 aliphatic carbocycles. The zero-order valence-electron chi connectivity index (χ0n) is 11.9. The number of carbonyl (C=O) groups excluding carboxylic acids is 1. The molecule has 21 heavy (non-hydrogen) atoms. The van der Waals surface area contributed by atoms with Gasteiger partial charge in [0.1, 0.15) is 10.4 Å². The molecule has 0 spiro atoms. The second kappa shape index (κ2) is 5.69. The van der Waals surface area contributed by atoms with Gasteiger partial charge in [-0.2, -0.15) is 0 Å². The van der Waals surface area contributed by atoms with Crippen molar-refractivity contribution in [1.29, 1.82) is 0 Å². The summed E-state index contributed by atoms with van der Waals surface area (Å²) in [5, 5.41) is 0. The lowest BCUT2D eigenvalue weighted by Gasteiger charge is -1.98. The summed E-state index contributed by atoms with van der Waals surface area (Å²) in [6, 6.07) is 9.34. The van der Waals surface area contributed by atoms with E-state index in [1.54, 1.807) is 0 Å². The molecular formula is C16H15NO3S. The molecule has 1 aromatic carbocycles. The summed E-state index contributed by atoms with van der Waals surface area (Å²) in [6.07, 6.45) is 0.926. The van der Waals surface area contributed by atoms with Crippen molar-refractivity contribution in [2.24, 2.45) is 0 Å². The topological polar surface area (TPSA) is 52.3 Å². The van der Waals surface area contributed by atoms with E-state index in [1.807, 2.05) is 37.3 Å². The number of carbonyl (C=O) groups is 1. The van der Waals surface area contributed by atoms with Crippen LogP contribution in [0, 0.1) is 6.92 Å². The zero-order valence-corrected chi connectivity index (χ0v) is 12.7. The SMILES string of the molecule is CCc1sc(C(=O)OCc2nc3ccccc3o2)cc1C. The molecule has 2 aromatic heterocycles. The maximum absolute atomic E-state index is 12.0. The maximum Gasteiger partial charge on any atom is 0.348 e. The van der Waals surface area contributed by atoms with Crippen LogP contribution in [0.15, 0.2) is 34.7 Å². The van der Waals surface area contributed by atoms with Gasteiger partial charge >= 0.3 is 5.97 Å². The minimum atomic E-state index is -0.329. The second-order valence-corrected chi connectivity index (χ2v) is 5.86. The number of hydrogen-bond donors (Lipinski definition) is 0. The normalized spacial score (nSPS) is 11.0. The number of thiophene rings is 1. The van der Waals surface area contributed by atoms with Crippen molar-refractivity contribution in [3.05, 3.63) is 51.5 Å². The third kappa shape index (κ3) is 2.83. The van der Waals surface area contributed by atoms with Crippen LogP contribution in [-0.2, 0) is 17.8 Å². The number of esters is 1. The molecule has 0 amide bonds. The van der Waals surface area contributed by atoms with E-state index >= 15 is 0 Å². The number of nitrogens with zero attached hydrogens (tertiary/aromatic N) is 1. The van der Waals surface area contributed by atoms with Gasteiger partial charge in [-0.05, 0) is 37.1 Å². The third-order valence-electron chi connectivity index (χ3n) is 3.21. The molecule has 0 atom stereocenters. The number of rotatable bonds is 4. The molecule has 0 aliphatic heterocycles. The Kier molecular flexibility index (Phi) is 3.75. The average Bonchev–Trinajstić information content (AvgIpc) is 3.07. The first kappa shape index (κ1) is 13.8. The quantitative estimate of drug-likeness (QED) is 0.680. The minimum absolute atomic E-state index is 0.0475. The van der Waals surface area contributed by atoms with Crippen LogP contribution in [-0.4, -0.2) is 11.0 Å². The summed E-state index contributed by atoms with van der Waals surface area (Å²) in [7, 11) is 0. The highest BCUT2D eigenvalue weighted by molar-refractivity contribution is 7.14. The zero-order chi connectivity index (χ0) is 14.8. The van der Waals surface area contributed by atoms with Gasteiger partial charge in [-0.1, -0.05) is 19.1 Å². The molecule has 0 aliphatic rings. The molecule has 3 aromatic rings. The van der Waals surface area contributed by atoms with E-state index in [0.717, 1.165) is 17.5 Å². The van der Waals surface area contributed by atoms with E-state index in [0.29, 0.717) is 16.4 Å². The van der Waals surface area contributed by atoms with Crippen molar-refractivity contribution in [2.45, 2.75) is 26.9 Å². The number of benzene rings is 1. The smallest absolute Gasteiger partial charge is 0.348 e. The van der Waals surface area contributed by atoms with Gasteiger partial charge in [0.2, 0.25) is 5.89 Å². The predicted octanol–water partition coefficient (Wildman–Crippen LogP) is 4.12. The highest BCUT2D eigenvalue weighted by atomic mass is 32.1. The summed E-state index contributed by atoms with van der Waals surface area (Å²) < 4.78 is 10.8. The Hall–Kier alpha value is -2.14. The molecule has 4 nitrogen and oxygen atoms in total. The summed E-state index contributed by atoms with van der Waals surface area (Å²) in [5.41, 5.74) is 2.60. The largest absolute Gasteiger partial charge is 0.451 e. The number of aromatic nitrogens is 1. The molecule has 5 heteroatoms. The molecule has 108 valence electrons. The average molecular weight is 301 g/mol. The summed E-state index contributed by atoms with van der Waals surface area (Å²) in [6.45, 7) is 4.13. The fraction of sp³-hybridized carbons (Fsp3) is 0.250. The Labute approximate surface area is 126 Å². The van der Waals surface area contributed by atoms with Gasteiger partial charge in [0.25, 0.3) is 0 Å². The molecule has 0 N–H and O–H groups in total. The molecule has 0 fully saturated rings. The lowest BCUT2D eigenvalue weighted by Crippen LogP contribution is -2.03. The van der Waals surface area contributed by atoms with Gasteiger partial charge in [0.15, 0.2) is 12.2 Å². The number of fused-ring (bicyclic) bond motifs is 1. The van der Waals surface area contributed by atoms with E-state index in [1.165, 1.54) is 16.2 Å². The van der Waals surface area contributed by atoms with Crippen molar-refractivity contribution in [3.63, 3.8) is 0 Å². The lowest BCUT2D eigenvalue weighted by molar-refractivity contribution is 0.0446. The van der Waals surface area contributed by atoms with Crippen LogP contribution in [0.1, 0.15) is 32.9 Å². The Morgan fingerprint density at radius 1 is 1.38 bits per heavy atom. The van der Waals surface area contributed by atoms with Crippen molar-refractivity contribution in [3.8, 4) is 0 Å². The lowest BCUT2D eigenvalue weighted by atomic mass is 10.2. The van der Waals surface area contributed by atoms with E-state index in [9.17, 15) is 4.79 Å². The predicted molar refractivity (Wildman–Crippen MR) is 81.6 cm³/mol. The van der Waals surface area contributed by atoms with Crippen LogP contribution in [0.2, 0.25) is 0 Å². The minimum Gasteiger partial charge on any atom is -0.451 e. The van der Waals surface area contributed by atoms with Gasteiger partial charge < -0.3 is 9.15 Å². The van der Waals surface area contributed by atoms with Crippen LogP contribution in [0.25, 0.3) is 11.1 Å². The van der Waals surface area contributed by atoms with Gasteiger partial charge in [0, 0.05) is 4.88 Å². The number of hydrogen-bond acceptors (Lipinski definition) is 5. The Bertz CT molecular complexity index is 755. The maximum atomic E-state index is 12.0. The van der Waals surface area contributed by atoms with E-state index in [2.05, 4.69) is 11.9 Å². The van der Waals surface area contributed by atoms with Crippen molar-refractivity contribution in [1.82, 2.24) is 4.98 Å². The van der Waals surface area contributed by atoms with Crippen LogP contribution in [0.4, 0.5) is 0 Å². The highest BCUT2D eigenvalue weighted by Gasteiger charge is 2.14. The fourth-order valence-corrected chi connectivity index (χ4v) is 3.16. The first-order chi connectivity index (χ1) is 10.2. The van der Waals surface area contributed by atoms with Gasteiger partial charge in [-0.25, -0.2) is 9.78 Å². The first-order valence-corrected chi connectivity index (χ1v) is 7.60. The van der Waals surface area contributed by atoms with Gasteiger partial charge in [0.05, 0.1) is 0 Å². The van der Waals surface area contributed by atoms with Gasteiger partial charge in [-0.3, -0.25) is 0 Å². The van der Waals surface area contributed by atoms with E-state index in [4.69, 9.17) is 9.15 Å². The highest BCUT2D eigenvalue weighted by Crippen LogP contribution is 2.23. The molecule has 0 saturated heterocycles. The molecule has 3 rings (SSSR count). The number of para-hydroxylation sites is 2. The standard InChI is InChI=1S/C16H15NO3S/c1-3-13-10(2)8-14(21-13)16(18)19-9-15-17-11-6-4-5-7-12(11)20-15/h4-8H,3,9H2,1-2H3. The van der Waals surface area contributed by atoms with Crippen molar-refractivity contribution >= 4 is 28.4 Å². The Morgan fingerprint density at radius 3 is 2.90 bits per heavy atom. The first-order valence-electron chi connectivity index (χ1n) is 6.78. The molecule has 0 bridgehead atoms. The summed E-state index contributed by atoms with van der Waals surface area (Å²) >= 11 is 1.48. The monoisotopic (exact) mass is 301 g/mol. The number of ether oxygens (including phenoxy) is 1. The second-order valence-electron chi connectivity index (χ2n) is 4.72. The van der Waals surface area contributed by atoms with Crippen LogP contribution >= 0.6 is 11.3 Å². The third-order valence-corrected chi connectivity index (χ3v) is 4.57. The molecule has 0 radical (unpaired) electrons.